The van der Waals surface area contributed by atoms with Gasteiger partial charge >= 0.3 is 0 Å². The minimum absolute atomic E-state index is 0. The predicted molar refractivity (Wildman–Crippen MR) is 120 cm³/mol. The Morgan fingerprint density at radius 1 is 0.519 bits per heavy atom. The Bertz CT molecular complexity index is 646. The van der Waals surface area contributed by atoms with Crippen molar-refractivity contribution in [2.45, 2.75) is 27.7 Å². The van der Waals surface area contributed by atoms with Gasteiger partial charge in [-0.15, -0.1) is 32.9 Å². The molecule has 2 aromatic heterocycles. The monoisotopic (exact) mass is 394 g/mol. The number of hydrogen-bond donors (Lipinski definition) is 0. The first-order valence-electron chi connectivity index (χ1n) is 8.23. The average molecular weight is 394 g/mol. The van der Waals surface area contributed by atoms with Gasteiger partial charge in [0.2, 0.25) is 0 Å². The summed E-state index contributed by atoms with van der Waals surface area (Å²) in [4.78, 5) is 5.32. The van der Waals surface area contributed by atoms with Crippen LogP contribution >= 0.6 is 22.7 Å². The maximum absolute atomic E-state index is 4.03. The van der Waals surface area contributed by atoms with Crippen LogP contribution in [0.2, 0.25) is 0 Å². The van der Waals surface area contributed by atoms with E-state index in [-0.39, 0.29) is 8.41 Å². The minimum atomic E-state index is 0. The van der Waals surface area contributed by atoms with Crippen LogP contribution in [0.25, 0.3) is 0 Å². The molecule has 0 amide bonds. The zero-order valence-corrected chi connectivity index (χ0v) is 17.9. The van der Waals surface area contributed by atoms with E-state index in [1.807, 2.05) is 99.8 Å². The van der Waals surface area contributed by atoms with Crippen LogP contribution in [0.5, 0.6) is 0 Å². The molecule has 2 heterocycles. The van der Waals surface area contributed by atoms with E-state index in [0.717, 1.165) is 15.0 Å². The van der Waals surface area contributed by atoms with Gasteiger partial charge in [0.1, 0.15) is 10.0 Å². The quantitative estimate of drug-likeness (QED) is 0.348. The third kappa shape index (κ3) is 14.5. The van der Waals surface area contributed by atoms with Gasteiger partial charge in [-0.2, -0.15) is 0 Å². The van der Waals surface area contributed by atoms with Crippen molar-refractivity contribution in [1.82, 2.24) is 15.2 Å². The zero-order chi connectivity index (χ0) is 19.0. The molecule has 0 fully saturated rings. The molecule has 0 unspecified atom stereocenters. The van der Waals surface area contributed by atoms with Crippen molar-refractivity contribution in [3.8, 4) is 0 Å². The highest BCUT2D eigenvalue weighted by molar-refractivity contribution is 7.11. The normalized spacial score (nSPS) is 8.44. The standard InChI is InChI=1S/2C6H6.C5H7NS.C4H6N2S.B/c2*1-2-4-6-5-3-1;1-4-3-6-5(2)7-4;1-3-5-6-4(2)7-3;/h2*1-6H;3H,1-2H3;1-2H3;. The largest absolute Gasteiger partial charge is 0.250 e. The van der Waals surface area contributed by atoms with E-state index in [9.17, 15) is 0 Å². The van der Waals surface area contributed by atoms with Crippen molar-refractivity contribution in [2.24, 2.45) is 0 Å². The van der Waals surface area contributed by atoms with Crippen LogP contribution in [-0.2, 0) is 0 Å². The third-order valence-electron chi connectivity index (χ3n) is 2.70. The first-order valence-corrected chi connectivity index (χ1v) is 9.87. The highest BCUT2D eigenvalue weighted by Crippen LogP contribution is 2.07. The predicted octanol–water partition coefficient (Wildman–Crippen LogP) is 5.91. The van der Waals surface area contributed by atoms with Crippen LogP contribution in [0.15, 0.2) is 79.0 Å². The zero-order valence-electron chi connectivity index (χ0n) is 16.2. The number of nitrogens with zero attached hydrogens (tertiary/aromatic N) is 3. The van der Waals surface area contributed by atoms with Crippen LogP contribution < -0.4 is 0 Å². The second-order valence-electron chi connectivity index (χ2n) is 5.14. The van der Waals surface area contributed by atoms with Gasteiger partial charge in [0, 0.05) is 19.5 Å². The summed E-state index contributed by atoms with van der Waals surface area (Å²) in [5, 5.41) is 10.8. The third-order valence-corrected chi connectivity index (χ3v) is 4.28. The summed E-state index contributed by atoms with van der Waals surface area (Å²) in [7, 11) is 0. The van der Waals surface area contributed by atoms with Gasteiger partial charge in [-0.05, 0) is 27.7 Å². The van der Waals surface area contributed by atoms with E-state index in [1.54, 1.807) is 22.7 Å². The average Bonchev–Trinajstić information content (AvgIpc) is 3.25. The van der Waals surface area contributed by atoms with Crippen LogP contribution in [0.4, 0.5) is 0 Å². The van der Waals surface area contributed by atoms with Gasteiger partial charge in [-0.25, -0.2) is 4.98 Å². The molecule has 0 aliphatic carbocycles. The Hall–Kier alpha value is -2.31. The van der Waals surface area contributed by atoms with Crippen LogP contribution in [0.3, 0.4) is 0 Å². The summed E-state index contributed by atoms with van der Waals surface area (Å²) in [5.41, 5.74) is 0. The smallest absolute Gasteiger partial charge is 0.114 e. The van der Waals surface area contributed by atoms with Crippen molar-refractivity contribution in [3.63, 3.8) is 0 Å². The molecular weight excluding hydrogens is 369 g/mol. The molecule has 2 aromatic carbocycles. The molecule has 0 spiro atoms. The van der Waals surface area contributed by atoms with Gasteiger partial charge in [0.15, 0.2) is 0 Å². The second-order valence-corrected chi connectivity index (χ2v) is 7.96. The van der Waals surface area contributed by atoms with Crippen molar-refractivity contribution >= 4 is 31.1 Å². The van der Waals surface area contributed by atoms with Crippen molar-refractivity contribution in [2.75, 3.05) is 0 Å². The van der Waals surface area contributed by atoms with Crippen LogP contribution in [0, 0.1) is 27.7 Å². The maximum Gasteiger partial charge on any atom is 0.114 e. The van der Waals surface area contributed by atoms with Crippen LogP contribution in [0.1, 0.15) is 19.9 Å². The SMILES string of the molecule is Cc1cnc(C)s1.Cc1nnc(C)s1.[B].c1ccccc1.c1ccccc1. The minimum Gasteiger partial charge on any atom is -0.250 e. The lowest BCUT2D eigenvalue weighted by molar-refractivity contribution is 1.02. The summed E-state index contributed by atoms with van der Waals surface area (Å²) in [6.07, 6.45) is 1.89. The molecule has 139 valence electrons. The molecule has 0 aliphatic heterocycles. The molecular formula is C21H25BN3S2. The van der Waals surface area contributed by atoms with Crippen molar-refractivity contribution < 1.29 is 0 Å². The number of benzene rings is 2. The Balaban J connectivity index is 0.000000331. The lowest BCUT2D eigenvalue weighted by Crippen LogP contribution is -1.68. The number of hydrogen-bond acceptors (Lipinski definition) is 5. The summed E-state index contributed by atoms with van der Waals surface area (Å²) in [6, 6.07) is 24.0. The summed E-state index contributed by atoms with van der Waals surface area (Å²) < 4.78 is 0. The number of aryl methyl sites for hydroxylation is 4. The van der Waals surface area contributed by atoms with E-state index in [0.29, 0.717) is 0 Å². The Morgan fingerprint density at radius 3 is 0.963 bits per heavy atom. The van der Waals surface area contributed by atoms with E-state index >= 15 is 0 Å². The van der Waals surface area contributed by atoms with E-state index in [4.69, 9.17) is 0 Å². The first kappa shape index (κ1) is 24.7. The first-order chi connectivity index (χ1) is 12.6. The molecule has 3 radical (unpaired) electrons. The van der Waals surface area contributed by atoms with Gasteiger partial charge in [0.05, 0.1) is 5.01 Å². The molecule has 4 aromatic rings. The summed E-state index contributed by atoms with van der Waals surface area (Å²) in [5.74, 6) is 0. The molecule has 27 heavy (non-hydrogen) atoms. The van der Waals surface area contributed by atoms with Gasteiger partial charge in [-0.1, -0.05) is 72.8 Å². The highest BCUT2D eigenvalue weighted by Gasteiger charge is 1.88. The van der Waals surface area contributed by atoms with E-state index < -0.39 is 0 Å². The lowest BCUT2D eigenvalue weighted by atomic mass is 10.4. The molecule has 0 saturated carbocycles. The topological polar surface area (TPSA) is 38.7 Å². The molecule has 0 aliphatic rings. The Labute approximate surface area is 172 Å². The molecule has 0 N–H and O–H groups in total. The fraction of sp³-hybridized carbons (Fsp3) is 0.190. The second kappa shape index (κ2) is 15.9. The van der Waals surface area contributed by atoms with Crippen molar-refractivity contribution in [3.05, 3.63) is 98.9 Å². The number of thiazole rings is 1. The van der Waals surface area contributed by atoms with E-state index in [2.05, 4.69) is 22.1 Å². The van der Waals surface area contributed by atoms with Gasteiger partial charge in [0.25, 0.3) is 0 Å². The molecule has 0 saturated heterocycles. The molecule has 6 heteroatoms. The van der Waals surface area contributed by atoms with Crippen LogP contribution in [-0.4, -0.2) is 23.6 Å². The maximum atomic E-state index is 4.03. The summed E-state index contributed by atoms with van der Waals surface area (Å²) >= 11 is 3.35. The van der Waals surface area contributed by atoms with Gasteiger partial charge in [-0.3, -0.25) is 0 Å². The van der Waals surface area contributed by atoms with Crippen molar-refractivity contribution in [1.29, 1.82) is 0 Å². The van der Waals surface area contributed by atoms with Gasteiger partial charge < -0.3 is 0 Å². The number of aromatic nitrogens is 3. The molecule has 4 rings (SSSR count). The molecule has 0 atom stereocenters. The Kier molecular flexibility index (Phi) is 14.6. The fourth-order valence-corrected chi connectivity index (χ4v) is 2.90. The molecule has 0 bridgehead atoms. The fourth-order valence-electron chi connectivity index (χ4n) is 1.63. The Morgan fingerprint density at radius 2 is 0.852 bits per heavy atom. The summed E-state index contributed by atoms with van der Waals surface area (Å²) in [6.45, 7) is 7.97. The lowest BCUT2D eigenvalue weighted by Gasteiger charge is -1.69. The van der Waals surface area contributed by atoms with E-state index in [1.165, 1.54) is 4.88 Å². The molecule has 3 nitrogen and oxygen atoms in total. The highest BCUT2D eigenvalue weighted by atomic mass is 32.1. The number of rotatable bonds is 0.